The molecule has 2 heterocycles. The fraction of sp³-hybridized carbons (Fsp3) is 0.429. The first kappa shape index (κ1) is 14.3. The number of pyridine rings is 1. The van der Waals surface area contributed by atoms with Crippen LogP contribution in [0.1, 0.15) is 11.3 Å². The molecule has 0 amide bonds. The highest BCUT2D eigenvalue weighted by molar-refractivity contribution is 5.42. The monoisotopic (exact) mass is 276 g/mol. The number of methoxy groups -OCH3 is 1. The first-order valence-corrected chi connectivity index (χ1v) is 6.50. The van der Waals surface area contributed by atoms with Gasteiger partial charge in [-0.25, -0.2) is 4.98 Å². The topological polar surface area (TPSA) is 61.2 Å². The van der Waals surface area contributed by atoms with Crippen LogP contribution in [0.15, 0.2) is 24.5 Å². The predicted molar refractivity (Wildman–Crippen MR) is 76.9 cm³/mol. The lowest BCUT2D eigenvalue weighted by molar-refractivity contribution is 0.144. The van der Waals surface area contributed by atoms with Crippen LogP contribution >= 0.6 is 0 Å². The molecule has 0 unspecified atom stereocenters. The Labute approximate surface area is 118 Å². The van der Waals surface area contributed by atoms with Crippen molar-refractivity contribution in [2.24, 2.45) is 7.05 Å². The minimum atomic E-state index is 0.505. The van der Waals surface area contributed by atoms with Crippen LogP contribution in [-0.4, -0.2) is 35.1 Å². The molecule has 0 aromatic carbocycles. The number of ether oxygens (including phenoxy) is 2. The lowest BCUT2D eigenvalue weighted by Gasteiger charge is -2.07. The number of aryl methyl sites for hydroxylation is 2. The highest BCUT2D eigenvalue weighted by Crippen LogP contribution is 2.13. The van der Waals surface area contributed by atoms with Crippen LogP contribution in [-0.2, 0) is 18.3 Å². The smallest absolute Gasteiger partial charge is 0.213 e. The summed E-state index contributed by atoms with van der Waals surface area (Å²) in [5.41, 5.74) is 3.16. The lowest BCUT2D eigenvalue weighted by Crippen LogP contribution is -2.05. The Morgan fingerprint density at radius 3 is 2.75 bits per heavy atom. The first-order chi connectivity index (χ1) is 9.69. The van der Waals surface area contributed by atoms with Gasteiger partial charge in [0.05, 0.1) is 24.2 Å². The maximum absolute atomic E-state index is 5.41. The Hall–Kier alpha value is -2.08. The summed E-state index contributed by atoms with van der Waals surface area (Å²) < 4.78 is 12.1. The Morgan fingerprint density at radius 1 is 1.30 bits per heavy atom. The fourth-order valence-corrected chi connectivity index (χ4v) is 1.82. The number of aromatic nitrogens is 3. The summed E-state index contributed by atoms with van der Waals surface area (Å²) in [6.45, 7) is 3.79. The number of hydrogen-bond acceptors (Lipinski definition) is 5. The molecule has 0 aliphatic heterocycles. The van der Waals surface area contributed by atoms with E-state index in [0.717, 1.165) is 17.9 Å². The van der Waals surface area contributed by atoms with Gasteiger partial charge in [-0.2, -0.15) is 5.10 Å². The second-order valence-corrected chi connectivity index (χ2v) is 4.49. The third-order valence-corrected chi connectivity index (χ3v) is 2.87. The summed E-state index contributed by atoms with van der Waals surface area (Å²) in [6.07, 6.45) is 3.77. The summed E-state index contributed by atoms with van der Waals surface area (Å²) in [5.74, 6) is 0.602. The average molecular weight is 276 g/mol. The highest BCUT2D eigenvalue weighted by Gasteiger charge is 2.03. The molecule has 108 valence electrons. The molecule has 1 N–H and O–H groups in total. The normalized spacial score (nSPS) is 10.6. The lowest BCUT2D eigenvalue weighted by atomic mass is 10.2. The third kappa shape index (κ3) is 3.96. The molecule has 6 nitrogen and oxygen atoms in total. The molecule has 2 rings (SSSR count). The predicted octanol–water partition coefficient (Wildman–Crippen LogP) is 1.76. The van der Waals surface area contributed by atoms with E-state index in [1.807, 2.05) is 37.0 Å². The first-order valence-electron chi connectivity index (χ1n) is 6.50. The van der Waals surface area contributed by atoms with Crippen LogP contribution in [0.5, 0.6) is 5.88 Å². The molecule has 2 aromatic heterocycles. The third-order valence-electron chi connectivity index (χ3n) is 2.87. The van der Waals surface area contributed by atoms with E-state index in [0.29, 0.717) is 19.1 Å². The molecule has 0 saturated heterocycles. The van der Waals surface area contributed by atoms with Gasteiger partial charge in [-0.15, -0.1) is 0 Å². The molecule has 0 aliphatic carbocycles. The van der Waals surface area contributed by atoms with E-state index < -0.39 is 0 Å². The second-order valence-electron chi connectivity index (χ2n) is 4.49. The molecule has 0 spiro atoms. The van der Waals surface area contributed by atoms with Gasteiger partial charge in [-0.05, 0) is 13.0 Å². The summed E-state index contributed by atoms with van der Waals surface area (Å²) >= 11 is 0. The van der Waals surface area contributed by atoms with Gasteiger partial charge in [-0.3, -0.25) is 4.68 Å². The van der Waals surface area contributed by atoms with Gasteiger partial charge in [0.1, 0.15) is 6.61 Å². The van der Waals surface area contributed by atoms with Crippen LogP contribution in [0.2, 0.25) is 0 Å². The zero-order valence-electron chi connectivity index (χ0n) is 12.1. The maximum Gasteiger partial charge on any atom is 0.213 e. The molecule has 6 heteroatoms. The zero-order chi connectivity index (χ0) is 14.4. The van der Waals surface area contributed by atoms with Gasteiger partial charge >= 0.3 is 0 Å². The van der Waals surface area contributed by atoms with Crippen molar-refractivity contribution in [3.05, 3.63) is 35.8 Å². The number of hydrogen-bond donors (Lipinski definition) is 1. The summed E-state index contributed by atoms with van der Waals surface area (Å²) in [5, 5.41) is 7.62. The van der Waals surface area contributed by atoms with Crippen LogP contribution in [0.3, 0.4) is 0 Å². The Kier molecular flexibility index (Phi) is 4.95. The van der Waals surface area contributed by atoms with Gasteiger partial charge in [0.2, 0.25) is 5.88 Å². The van der Waals surface area contributed by atoms with Gasteiger partial charge in [-0.1, -0.05) is 0 Å². The largest absolute Gasteiger partial charge is 0.475 e. The Balaban J connectivity index is 1.86. The number of nitrogens with zero attached hydrogens (tertiary/aromatic N) is 3. The standard InChI is InChI=1S/C14H20N4O2/c1-11-12(10-18(2)17-11)8-15-13-4-5-14(16-9-13)20-7-6-19-3/h4-5,9-10,15H,6-8H2,1-3H3. The zero-order valence-corrected chi connectivity index (χ0v) is 12.1. The van der Waals surface area contributed by atoms with Crippen molar-refractivity contribution in [3.63, 3.8) is 0 Å². The van der Waals surface area contributed by atoms with Gasteiger partial charge in [0.15, 0.2) is 0 Å². The molecule has 2 aromatic rings. The molecular formula is C14H20N4O2. The van der Waals surface area contributed by atoms with Crippen LogP contribution in [0.4, 0.5) is 5.69 Å². The molecule has 20 heavy (non-hydrogen) atoms. The SMILES string of the molecule is COCCOc1ccc(NCc2cn(C)nc2C)cn1. The Morgan fingerprint density at radius 2 is 2.15 bits per heavy atom. The quantitative estimate of drug-likeness (QED) is 0.781. The van der Waals surface area contributed by atoms with Crippen molar-refractivity contribution in [1.29, 1.82) is 0 Å². The van der Waals surface area contributed by atoms with Crippen molar-refractivity contribution in [2.75, 3.05) is 25.6 Å². The second kappa shape index (κ2) is 6.91. The van der Waals surface area contributed by atoms with Crippen LogP contribution < -0.4 is 10.1 Å². The van der Waals surface area contributed by atoms with Crippen molar-refractivity contribution >= 4 is 5.69 Å². The molecule has 0 saturated carbocycles. The average Bonchev–Trinajstić information content (AvgIpc) is 2.76. The van der Waals surface area contributed by atoms with Crippen molar-refractivity contribution in [2.45, 2.75) is 13.5 Å². The van der Waals surface area contributed by atoms with Crippen molar-refractivity contribution in [3.8, 4) is 5.88 Å². The molecule has 0 fully saturated rings. The highest BCUT2D eigenvalue weighted by atomic mass is 16.5. The van der Waals surface area contributed by atoms with E-state index in [2.05, 4.69) is 15.4 Å². The van der Waals surface area contributed by atoms with E-state index in [1.165, 1.54) is 5.56 Å². The van der Waals surface area contributed by atoms with Crippen LogP contribution in [0.25, 0.3) is 0 Å². The minimum Gasteiger partial charge on any atom is -0.475 e. The van der Waals surface area contributed by atoms with Crippen molar-refractivity contribution in [1.82, 2.24) is 14.8 Å². The van der Waals surface area contributed by atoms with E-state index in [9.17, 15) is 0 Å². The number of anilines is 1. The molecule has 0 bridgehead atoms. The van der Waals surface area contributed by atoms with E-state index in [-0.39, 0.29) is 0 Å². The number of rotatable bonds is 7. The van der Waals surface area contributed by atoms with Crippen LogP contribution in [0, 0.1) is 6.92 Å². The van der Waals surface area contributed by atoms with E-state index >= 15 is 0 Å². The van der Waals surface area contributed by atoms with Gasteiger partial charge < -0.3 is 14.8 Å². The van der Waals surface area contributed by atoms with Gasteiger partial charge in [0, 0.05) is 38.5 Å². The van der Waals surface area contributed by atoms with E-state index in [1.54, 1.807) is 13.3 Å². The molecule has 0 radical (unpaired) electrons. The van der Waals surface area contributed by atoms with Crippen molar-refractivity contribution < 1.29 is 9.47 Å². The summed E-state index contributed by atoms with van der Waals surface area (Å²) in [4.78, 5) is 4.23. The summed E-state index contributed by atoms with van der Waals surface area (Å²) in [6, 6.07) is 3.79. The molecule has 0 aliphatic rings. The fourth-order valence-electron chi connectivity index (χ4n) is 1.82. The number of nitrogens with one attached hydrogen (secondary N) is 1. The maximum atomic E-state index is 5.41. The summed E-state index contributed by atoms with van der Waals surface area (Å²) in [7, 11) is 3.56. The van der Waals surface area contributed by atoms with E-state index in [4.69, 9.17) is 9.47 Å². The Bertz CT molecular complexity index is 537. The minimum absolute atomic E-state index is 0.505. The molecular weight excluding hydrogens is 256 g/mol. The van der Waals surface area contributed by atoms with Gasteiger partial charge in [0.25, 0.3) is 0 Å². The molecule has 0 atom stereocenters.